The van der Waals surface area contributed by atoms with Gasteiger partial charge >= 0.3 is 5.97 Å². The van der Waals surface area contributed by atoms with E-state index in [1.54, 1.807) is 30.3 Å². The van der Waals surface area contributed by atoms with Gasteiger partial charge in [0.05, 0.1) is 16.9 Å². The number of rotatable bonds is 6. The van der Waals surface area contributed by atoms with E-state index < -0.39 is 11.9 Å². The molecule has 0 atom stereocenters. The van der Waals surface area contributed by atoms with Gasteiger partial charge in [-0.3, -0.25) is 4.79 Å². The molecule has 0 heterocycles. The third-order valence-corrected chi connectivity index (χ3v) is 3.82. The van der Waals surface area contributed by atoms with Crippen LogP contribution in [0.4, 0.5) is 11.4 Å². The topological polar surface area (TPSA) is 121 Å². The smallest absolute Gasteiger partial charge is 0.355 e. The van der Waals surface area contributed by atoms with Crippen molar-refractivity contribution in [3.63, 3.8) is 0 Å². The number of aromatic hydroxyl groups is 2. The number of amides is 1. The molecule has 1 amide bonds. The first kappa shape index (κ1) is 20.3. The van der Waals surface area contributed by atoms with Crippen molar-refractivity contribution in [2.45, 2.75) is 0 Å². The van der Waals surface area contributed by atoms with E-state index in [-0.39, 0.29) is 17.1 Å². The van der Waals surface area contributed by atoms with E-state index in [0.717, 1.165) is 11.6 Å². The maximum absolute atomic E-state index is 12.0. The molecule has 30 heavy (non-hydrogen) atoms. The Morgan fingerprint density at radius 2 is 1.67 bits per heavy atom. The zero-order chi connectivity index (χ0) is 21.3. The first-order valence-electron chi connectivity index (χ1n) is 8.79. The number of hydrogen-bond acceptors (Lipinski definition) is 7. The van der Waals surface area contributed by atoms with E-state index in [2.05, 4.69) is 15.7 Å². The SMILES string of the molecule is O=C(C=Cc1ccccc1)ONc1ccc(N=NC(=O)c2ccc(O)cc2O)cc1. The van der Waals surface area contributed by atoms with Crippen molar-refractivity contribution in [3.8, 4) is 11.5 Å². The standard InChI is InChI=1S/C22H17N3O5/c26-18-11-12-19(20(27)14-18)22(29)24-23-16-7-9-17(10-8-16)25-30-21(28)13-6-15-4-2-1-3-5-15/h1-14,25-27H. The minimum Gasteiger partial charge on any atom is -0.508 e. The van der Waals surface area contributed by atoms with Crippen LogP contribution in [0.1, 0.15) is 15.9 Å². The summed E-state index contributed by atoms with van der Waals surface area (Å²) in [6, 6.07) is 19.2. The van der Waals surface area contributed by atoms with E-state index in [1.165, 1.54) is 18.2 Å². The molecule has 0 fully saturated rings. The Morgan fingerprint density at radius 1 is 0.933 bits per heavy atom. The van der Waals surface area contributed by atoms with Gasteiger partial charge in [0.25, 0.3) is 5.91 Å². The predicted octanol–water partition coefficient (Wildman–Crippen LogP) is 4.61. The van der Waals surface area contributed by atoms with Crippen molar-refractivity contribution in [2.24, 2.45) is 10.2 Å². The fraction of sp³-hybridized carbons (Fsp3) is 0. The van der Waals surface area contributed by atoms with E-state index in [1.807, 2.05) is 30.3 Å². The van der Waals surface area contributed by atoms with Gasteiger partial charge in [0.2, 0.25) is 0 Å². The largest absolute Gasteiger partial charge is 0.508 e. The van der Waals surface area contributed by atoms with Gasteiger partial charge in [-0.2, -0.15) is 0 Å². The van der Waals surface area contributed by atoms with Crippen LogP contribution in [0.15, 0.2) is 89.1 Å². The van der Waals surface area contributed by atoms with Gasteiger partial charge in [-0.15, -0.1) is 10.2 Å². The van der Waals surface area contributed by atoms with E-state index in [4.69, 9.17) is 4.84 Å². The second-order valence-corrected chi connectivity index (χ2v) is 6.02. The minimum atomic E-state index is -0.756. The van der Waals surface area contributed by atoms with Crippen molar-refractivity contribution in [1.82, 2.24) is 0 Å². The second-order valence-electron chi connectivity index (χ2n) is 6.02. The molecule has 0 aliphatic heterocycles. The van der Waals surface area contributed by atoms with E-state index in [9.17, 15) is 19.8 Å². The summed E-state index contributed by atoms with van der Waals surface area (Å²) in [7, 11) is 0. The lowest BCUT2D eigenvalue weighted by molar-refractivity contribution is -0.134. The molecule has 0 saturated carbocycles. The van der Waals surface area contributed by atoms with Crippen molar-refractivity contribution in [1.29, 1.82) is 0 Å². The molecule has 3 N–H and O–H groups in total. The molecule has 0 saturated heterocycles. The predicted molar refractivity (Wildman–Crippen MR) is 110 cm³/mol. The van der Waals surface area contributed by atoms with Crippen LogP contribution in [0, 0.1) is 0 Å². The number of benzene rings is 3. The second kappa shape index (κ2) is 9.65. The monoisotopic (exact) mass is 403 g/mol. The van der Waals surface area contributed by atoms with Crippen LogP contribution in [0.25, 0.3) is 6.08 Å². The summed E-state index contributed by atoms with van der Waals surface area (Å²) < 4.78 is 0. The molecule has 8 heteroatoms. The van der Waals surface area contributed by atoms with Gasteiger partial charge in [-0.25, -0.2) is 10.3 Å². The van der Waals surface area contributed by atoms with Crippen LogP contribution >= 0.6 is 0 Å². The van der Waals surface area contributed by atoms with Crippen LogP contribution in [0.2, 0.25) is 0 Å². The summed E-state index contributed by atoms with van der Waals surface area (Å²) in [5.41, 5.74) is 4.19. The lowest BCUT2D eigenvalue weighted by Gasteiger charge is -2.04. The normalized spacial score (nSPS) is 10.9. The van der Waals surface area contributed by atoms with Gasteiger partial charge in [0.1, 0.15) is 11.5 Å². The number of nitrogens with zero attached hydrogens (tertiary/aromatic N) is 2. The molecule has 3 rings (SSSR count). The Labute approximate surface area is 171 Å². The third kappa shape index (κ3) is 5.77. The Balaban J connectivity index is 1.53. The Morgan fingerprint density at radius 3 is 2.37 bits per heavy atom. The van der Waals surface area contributed by atoms with E-state index in [0.29, 0.717) is 11.4 Å². The summed E-state index contributed by atoms with van der Waals surface area (Å²) >= 11 is 0. The molecule has 0 aliphatic carbocycles. The molecule has 3 aromatic rings. The highest BCUT2D eigenvalue weighted by atomic mass is 16.7. The summed E-state index contributed by atoms with van der Waals surface area (Å²) in [5, 5.41) is 26.3. The molecular formula is C22H17N3O5. The molecule has 0 radical (unpaired) electrons. The average Bonchev–Trinajstić information content (AvgIpc) is 2.76. The number of anilines is 1. The summed E-state index contributed by atoms with van der Waals surface area (Å²) in [6.07, 6.45) is 2.94. The van der Waals surface area contributed by atoms with Gasteiger partial charge in [0.15, 0.2) is 0 Å². The molecule has 0 unspecified atom stereocenters. The maximum Gasteiger partial charge on any atom is 0.355 e. The average molecular weight is 403 g/mol. The maximum atomic E-state index is 12.0. The fourth-order valence-corrected chi connectivity index (χ4v) is 2.33. The number of phenolic OH excluding ortho intramolecular Hbond substituents is 2. The molecule has 150 valence electrons. The molecule has 0 aromatic heterocycles. The minimum absolute atomic E-state index is 0.0784. The number of azo groups is 1. The lowest BCUT2D eigenvalue weighted by atomic mass is 10.2. The highest BCUT2D eigenvalue weighted by Crippen LogP contribution is 2.24. The zero-order valence-corrected chi connectivity index (χ0v) is 15.6. The van der Waals surface area contributed by atoms with Gasteiger partial charge in [-0.1, -0.05) is 30.3 Å². The van der Waals surface area contributed by atoms with E-state index >= 15 is 0 Å². The van der Waals surface area contributed by atoms with Crippen molar-refractivity contribution >= 4 is 29.3 Å². The van der Waals surface area contributed by atoms with Gasteiger partial charge in [0, 0.05) is 12.1 Å². The number of phenols is 2. The van der Waals surface area contributed by atoms with Crippen molar-refractivity contribution in [3.05, 3.63) is 90.0 Å². The Hall–Kier alpha value is -4.46. The van der Waals surface area contributed by atoms with Crippen LogP contribution in [-0.4, -0.2) is 22.1 Å². The Kier molecular flexibility index (Phi) is 6.52. The molecule has 0 bridgehead atoms. The highest BCUT2D eigenvalue weighted by Gasteiger charge is 2.10. The summed E-state index contributed by atoms with van der Waals surface area (Å²) in [6.45, 7) is 0. The van der Waals surface area contributed by atoms with Crippen LogP contribution in [0.3, 0.4) is 0 Å². The Bertz CT molecular complexity index is 1090. The number of carbonyl (C=O) groups excluding carboxylic acids is 2. The summed E-state index contributed by atoms with van der Waals surface area (Å²) in [5.74, 6) is -1.88. The number of hydrogen-bond donors (Lipinski definition) is 3. The zero-order valence-electron chi connectivity index (χ0n) is 15.6. The molecular weight excluding hydrogens is 386 g/mol. The molecule has 3 aromatic carbocycles. The third-order valence-electron chi connectivity index (χ3n) is 3.82. The lowest BCUT2D eigenvalue weighted by Crippen LogP contribution is -2.07. The number of carbonyl (C=O) groups is 2. The van der Waals surface area contributed by atoms with Crippen molar-refractivity contribution in [2.75, 3.05) is 5.48 Å². The van der Waals surface area contributed by atoms with Gasteiger partial charge in [-0.05, 0) is 48.0 Å². The van der Waals surface area contributed by atoms with Crippen LogP contribution < -0.4 is 5.48 Å². The summed E-state index contributed by atoms with van der Waals surface area (Å²) in [4.78, 5) is 28.7. The number of nitrogens with one attached hydrogen (secondary N) is 1. The van der Waals surface area contributed by atoms with Crippen LogP contribution in [0.5, 0.6) is 11.5 Å². The first-order valence-corrected chi connectivity index (χ1v) is 8.79. The fourth-order valence-electron chi connectivity index (χ4n) is 2.33. The first-order chi connectivity index (χ1) is 14.5. The van der Waals surface area contributed by atoms with Crippen molar-refractivity contribution < 1.29 is 24.6 Å². The highest BCUT2D eigenvalue weighted by molar-refractivity contribution is 5.97. The van der Waals surface area contributed by atoms with Gasteiger partial charge < -0.3 is 15.1 Å². The quantitative estimate of drug-likeness (QED) is 0.314. The van der Waals surface area contributed by atoms with Crippen LogP contribution in [-0.2, 0) is 9.63 Å². The molecule has 8 nitrogen and oxygen atoms in total. The molecule has 0 spiro atoms. The molecule has 0 aliphatic rings.